The van der Waals surface area contributed by atoms with Crippen LogP contribution in [0.1, 0.15) is 227 Å². The molecule has 8 rings (SSSR count). The highest BCUT2D eigenvalue weighted by Crippen LogP contribution is 2.48. The maximum absolute atomic E-state index is 14.0. The molecule has 6 nitrogen and oxygen atoms in total. The van der Waals surface area contributed by atoms with Gasteiger partial charge in [0.05, 0.1) is 21.1 Å². The van der Waals surface area contributed by atoms with Gasteiger partial charge in [0, 0.05) is 31.5 Å². The summed E-state index contributed by atoms with van der Waals surface area (Å²) in [6, 6.07) is 21.2. The third-order valence-corrected chi connectivity index (χ3v) is 18.6. The van der Waals surface area contributed by atoms with Gasteiger partial charge in [0.25, 0.3) is 0 Å². The summed E-state index contributed by atoms with van der Waals surface area (Å²) >= 11 is 3.65. The first kappa shape index (κ1) is 51.7. The highest BCUT2D eigenvalue weighted by Gasteiger charge is 2.36. The predicted molar refractivity (Wildman–Crippen MR) is 298 cm³/mol. The molecular weight excluding hydrogens is 901 g/mol. The second kappa shape index (κ2) is 23.3. The van der Waals surface area contributed by atoms with Gasteiger partial charge in [0.2, 0.25) is 11.6 Å². The summed E-state index contributed by atoms with van der Waals surface area (Å²) in [5.74, 6) is 3.58. The fourth-order valence-corrected chi connectivity index (χ4v) is 13.0. The fourth-order valence-electron chi connectivity index (χ4n) is 10.5. The van der Waals surface area contributed by atoms with Crippen molar-refractivity contribution in [1.29, 1.82) is 0 Å². The van der Waals surface area contributed by atoms with Crippen molar-refractivity contribution < 1.29 is 18.4 Å². The van der Waals surface area contributed by atoms with E-state index in [-0.39, 0.29) is 22.4 Å². The number of benzene rings is 2. The number of unbranched alkanes of at least 4 members (excludes halogenated alkanes) is 14. The van der Waals surface area contributed by atoms with E-state index >= 15 is 0 Å². The summed E-state index contributed by atoms with van der Waals surface area (Å²) in [5, 5.41) is 6.72. The van der Waals surface area contributed by atoms with E-state index in [1.165, 1.54) is 127 Å². The first-order valence-electron chi connectivity index (χ1n) is 27.4. The number of furan rings is 2. The first-order valence-corrected chi connectivity index (χ1v) is 29.1. The second-order valence-corrected chi connectivity index (χ2v) is 23.2. The molecule has 0 saturated carbocycles. The molecule has 6 aromatic rings. The first-order chi connectivity index (χ1) is 34.0. The van der Waals surface area contributed by atoms with Crippen molar-refractivity contribution in [3.8, 4) is 32.6 Å². The molecule has 0 unspecified atom stereocenters. The maximum atomic E-state index is 14.0. The van der Waals surface area contributed by atoms with Gasteiger partial charge in [-0.3, -0.25) is 9.59 Å². The van der Waals surface area contributed by atoms with Crippen LogP contribution in [-0.2, 0) is 23.7 Å². The van der Waals surface area contributed by atoms with Crippen LogP contribution >= 0.6 is 22.7 Å². The average molecular weight is 981 g/mol. The van der Waals surface area contributed by atoms with Crippen LogP contribution in [0.15, 0.2) is 80.9 Å². The van der Waals surface area contributed by atoms with Crippen LogP contribution < -0.4 is 10.6 Å². The minimum atomic E-state index is -0.179. The number of carbonyl (C=O) groups excluding carboxylic acids is 2. The molecule has 2 aromatic carbocycles. The monoisotopic (exact) mass is 981 g/mol. The van der Waals surface area contributed by atoms with Crippen LogP contribution in [-0.4, -0.2) is 11.6 Å². The number of anilines is 2. The quantitative estimate of drug-likeness (QED) is 0.0395. The van der Waals surface area contributed by atoms with Gasteiger partial charge < -0.3 is 19.5 Å². The van der Waals surface area contributed by atoms with Gasteiger partial charge in [0.1, 0.15) is 34.4 Å². The van der Waals surface area contributed by atoms with Crippen molar-refractivity contribution in [2.45, 2.75) is 207 Å². The molecule has 6 heterocycles. The van der Waals surface area contributed by atoms with E-state index in [9.17, 15) is 9.59 Å². The zero-order valence-electron chi connectivity index (χ0n) is 43.8. The predicted octanol–water partition coefficient (Wildman–Crippen LogP) is 19.8. The largest absolute Gasteiger partial charge is 0.459 e. The summed E-state index contributed by atoms with van der Waals surface area (Å²) < 4.78 is 16.4. The van der Waals surface area contributed by atoms with Gasteiger partial charge in [-0.1, -0.05) is 157 Å². The Morgan fingerprint density at radius 3 is 1.46 bits per heavy atom. The Hall–Kier alpha value is -4.66. The van der Waals surface area contributed by atoms with E-state index in [2.05, 4.69) is 102 Å². The Morgan fingerprint density at radius 2 is 0.943 bits per heavy atom. The van der Waals surface area contributed by atoms with E-state index in [0.717, 1.165) is 84.1 Å². The maximum Gasteiger partial charge on any atom is 0.213 e. The Bertz CT molecular complexity index is 2750. The molecule has 0 bridgehead atoms. The number of ketones is 2. The van der Waals surface area contributed by atoms with Crippen molar-refractivity contribution in [2.24, 2.45) is 0 Å². The number of rotatable bonds is 27. The van der Waals surface area contributed by atoms with Crippen LogP contribution in [0.4, 0.5) is 11.4 Å². The van der Waals surface area contributed by atoms with Crippen LogP contribution in [0.5, 0.6) is 0 Å². The lowest BCUT2D eigenvalue weighted by Gasteiger charge is -2.27. The van der Waals surface area contributed by atoms with Gasteiger partial charge in [-0.15, -0.1) is 22.7 Å². The smallest absolute Gasteiger partial charge is 0.213 e. The molecule has 0 fully saturated rings. The van der Waals surface area contributed by atoms with Crippen LogP contribution in [0.3, 0.4) is 0 Å². The summed E-state index contributed by atoms with van der Waals surface area (Å²) in [7, 11) is 0. The van der Waals surface area contributed by atoms with E-state index in [4.69, 9.17) is 8.83 Å². The molecule has 2 aliphatic heterocycles. The van der Waals surface area contributed by atoms with Crippen molar-refractivity contribution in [3.05, 3.63) is 106 Å². The fraction of sp³-hybridized carbons (Fsp3) is 0.516. The van der Waals surface area contributed by atoms with Gasteiger partial charge in [-0.25, -0.2) is 0 Å². The lowest BCUT2D eigenvalue weighted by molar-refractivity contribution is 0.101. The standard InChI is InChI=1S/C62H80N2O4S2/c1-9-15-17-19-21-23-25-27-29-42-36-49(41-31-33-45-47(35-41)63-55(57(45)65)56-58(66)46-34-32-44(38-48(46)64-56)61(7,11-3)12-4)67-59(42)52-39-50-51(69-52)40-53(70-50)60-43(30-28-26-24-22-20-18-16-10-2)37-54(68-60)62(8,13-5)14-6/h31-40,63-64H,9-30H2,1-8H3/b56-55+. The Balaban J connectivity index is 1.05. The molecule has 2 N–H and O–H groups in total. The molecule has 374 valence electrons. The highest BCUT2D eigenvalue weighted by molar-refractivity contribution is 7.31. The summed E-state index contributed by atoms with van der Waals surface area (Å²) in [6.07, 6.45) is 26.7. The minimum Gasteiger partial charge on any atom is -0.459 e. The number of carbonyl (C=O) groups is 2. The molecule has 0 atom stereocenters. The SMILES string of the molecule is CCCCCCCCCCc1cc(-c2ccc3c(c2)N/C(=C2/Nc4cc(C(C)(CC)CC)ccc4C2=O)C3=O)oc1-c1cc2sc(-c3oc(C(C)(CC)CC)cc3CCCCCCCCCC)cc2s1. The summed E-state index contributed by atoms with van der Waals surface area (Å²) in [6.45, 7) is 18.2. The molecule has 2 aliphatic rings. The minimum absolute atomic E-state index is 0.0132. The van der Waals surface area contributed by atoms with E-state index in [1.54, 1.807) is 0 Å². The van der Waals surface area contributed by atoms with Gasteiger partial charge in [-0.2, -0.15) is 0 Å². The molecule has 0 aliphatic carbocycles. The normalized spacial score (nSPS) is 14.8. The van der Waals surface area contributed by atoms with Crippen molar-refractivity contribution in [2.75, 3.05) is 10.6 Å². The Labute approximate surface area is 427 Å². The zero-order chi connectivity index (χ0) is 49.4. The molecule has 0 saturated heterocycles. The summed E-state index contributed by atoms with van der Waals surface area (Å²) in [4.78, 5) is 30.1. The number of Topliss-reactive ketones (excluding diaryl/α,β-unsaturated/α-hetero) is 2. The number of allylic oxidation sites excluding steroid dienone is 2. The molecule has 70 heavy (non-hydrogen) atoms. The lowest BCUT2D eigenvalue weighted by Crippen LogP contribution is -2.19. The second-order valence-electron chi connectivity index (χ2n) is 21.0. The lowest BCUT2D eigenvalue weighted by atomic mass is 9.77. The van der Waals surface area contributed by atoms with Crippen LogP contribution in [0.2, 0.25) is 0 Å². The van der Waals surface area contributed by atoms with Crippen LogP contribution in [0, 0.1) is 0 Å². The molecule has 0 spiro atoms. The molecule has 4 aromatic heterocycles. The Kier molecular flexibility index (Phi) is 17.2. The van der Waals surface area contributed by atoms with Gasteiger partial charge >= 0.3 is 0 Å². The van der Waals surface area contributed by atoms with Gasteiger partial charge in [-0.05, 0) is 122 Å². The third kappa shape index (κ3) is 11.0. The van der Waals surface area contributed by atoms with Crippen molar-refractivity contribution in [1.82, 2.24) is 0 Å². The number of nitrogens with one attached hydrogen (secondary N) is 2. The third-order valence-electron chi connectivity index (χ3n) is 16.3. The van der Waals surface area contributed by atoms with Gasteiger partial charge in [0.15, 0.2) is 0 Å². The van der Waals surface area contributed by atoms with E-state index < -0.39 is 0 Å². The number of aryl methyl sites for hydroxylation is 2. The van der Waals surface area contributed by atoms with E-state index in [0.29, 0.717) is 28.2 Å². The number of thiophene rings is 2. The van der Waals surface area contributed by atoms with Crippen LogP contribution in [0.25, 0.3) is 42.0 Å². The molecule has 0 amide bonds. The van der Waals surface area contributed by atoms with Crippen molar-refractivity contribution in [3.63, 3.8) is 0 Å². The van der Waals surface area contributed by atoms with E-state index in [1.807, 2.05) is 46.9 Å². The zero-order valence-corrected chi connectivity index (χ0v) is 45.4. The van der Waals surface area contributed by atoms with Crippen molar-refractivity contribution >= 4 is 55.0 Å². The molecule has 0 radical (unpaired) electrons. The molecule has 8 heteroatoms. The number of fused-ring (bicyclic) bond motifs is 3. The number of hydrogen-bond donors (Lipinski definition) is 2. The summed E-state index contributed by atoms with van der Waals surface area (Å²) in [5.41, 5.74) is 7.94. The highest BCUT2D eigenvalue weighted by atomic mass is 32.1. The number of hydrogen-bond acceptors (Lipinski definition) is 8. The average Bonchev–Trinajstić information content (AvgIpc) is 4.25. The topological polar surface area (TPSA) is 84.5 Å². The Morgan fingerprint density at radius 1 is 0.486 bits per heavy atom. The molecular formula is C62H80N2O4S2.